The largest absolute Gasteiger partial charge is 0.394 e. The fourth-order valence-corrected chi connectivity index (χ4v) is 6.10. The second kappa shape index (κ2) is 7.85. The summed E-state index contributed by atoms with van der Waals surface area (Å²) in [7, 11) is 1.55. The summed E-state index contributed by atoms with van der Waals surface area (Å²) in [6, 6.07) is 4.35. The minimum Gasteiger partial charge on any atom is -0.394 e. The van der Waals surface area contributed by atoms with Crippen molar-refractivity contribution < 1.29 is 24.2 Å². The molecule has 6 atom stereocenters. The van der Waals surface area contributed by atoms with E-state index < -0.39 is 35.1 Å². The van der Waals surface area contributed by atoms with Gasteiger partial charge in [-0.1, -0.05) is 19.1 Å². The Labute approximate surface area is 188 Å². The third kappa shape index (κ3) is 3.07. The molecule has 1 aromatic rings. The van der Waals surface area contributed by atoms with Crippen LogP contribution in [0.1, 0.15) is 44.2 Å². The number of fused-ring (bicyclic) bond motifs is 1. The number of nitrogens with zero attached hydrogens (tertiary/aromatic N) is 1. The summed E-state index contributed by atoms with van der Waals surface area (Å²) in [5.74, 6) is -2.31. The predicted octanol–water partition coefficient (Wildman–Crippen LogP) is 1.52. The van der Waals surface area contributed by atoms with Crippen LogP contribution in [0, 0.1) is 25.7 Å². The number of likely N-dealkylation sites (tertiary alicyclic amines) is 1. The van der Waals surface area contributed by atoms with Crippen LogP contribution in [0.3, 0.4) is 0 Å². The molecule has 0 aromatic heterocycles. The van der Waals surface area contributed by atoms with Gasteiger partial charge in [0.15, 0.2) is 0 Å². The van der Waals surface area contributed by atoms with Crippen molar-refractivity contribution in [3.8, 4) is 0 Å². The normalized spacial score (nSPS) is 33.9. The molecule has 3 aliphatic rings. The van der Waals surface area contributed by atoms with Gasteiger partial charge in [0, 0.05) is 12.7 Å². The molecule has 3 fully saturated rings. The molecule has 3 heterocycles. The van der Waals surface area contributed by atoms with Crippen LogP contribution in [0.25, 0.3) is 0 Å². The van der Waals surface area contributed by atoms with Gasteiger partial charge in [0.2, 0.25) is 17.7 Å². The number of aryl methyl sites for hydroxylation is 2. The average Bonchev–Trinajstić information content (AvgIpc) is 3.32. The van der Waals surface area contributed by atoms with Gasteiger partial charge in [-0.15, -0.1) is 0 Å². The van der Waals surface area contributed by atoms with Gasteiger partial charge in [-0.3, -0.25) is 14.4 Å². The zero-order valence-corrected chi connectivity index (χ0v) is 19.4. The van der Waals surface area contributed by atoms with Gasteiger partial charge >= 0.3 is 0 Å². The standard InChI is InChI=1S/C24H33N3O5/c1-6-15(12-28)27-19(21(30)26-16-11-13(2)7-8-14(16)3)24-10-9-23(4,32-24)17(20(29)25-5)18(24)22(27)31/h7-8,11,15,17-19,28H,6,9-10,12H2,1-5H3,(H,25,29)(H,26,30)/t15-,17-,18-,19?,23+,24?/m0/s1. The minimum absolute atomic E-state index is 0.250. The van der Waals surface area contributed by atoms with Gasteiger partial charge in [-0.2, -0.15) is 0 Å². The lowest BCUT2D eigenvalue weighted by Gasteiger charge is -2.36. The summed E-state index contributed by atoms with van der Waals surface area (Å²) in [5, 5.41) is 15.7. The molecule has 3 N–H and O–H groups in total. The quantitative estimate of drug-likeness (QED) is 0.618. The second-order valence-electron chi connectivity index (χ2n) is 9.64. The highest BCUT2D eigenvalue weighted by molar-refractivity contribution is 6.04. The number of nitrogens with one attached hydrogen (secondary N) is 2. The highest BCUT2D eigenvalue weighted by Gasteiger charge is 2.78. The number of carbonyl (C=O) groups is 3. The molecule has 0 saturated carbocycles. The molecule has 1 aromatic carbocycles. The smallest absolute Gasteiger partial charge is 0.250 e. The first-order chi connectivity index (χ1) is 15.1. The van der Waals surface area contributed by atoms with E-state index in [0.29, 0.717) is 24.9 Å². The number of carbonyl (C=O) groups excluding carboxylic acids is 3. The first-order valence-corrected chi connectivity index (χ1v) is 11.4. The Morgan fingerprint density at radius 1 is 1.28 bits per heavy atom. The summed E-state index contributed by atoms with van der Waals surface area (Å²) in [5.41, 5.74) is 0.711. The zero-order chi connectivity index (χ0) is 23.4. The minimum atomic E-state index is -1.09. The van der Waals surface area contributed by atoms with Crippen LogP contribution in [0.15, 0.2) is 18.2 Å². The van der Waals surface area contributed by atoms with Crippen molar-refractivity contribution in [1.82, 2.24) is 10.2 Å². The third-order valence-corrected chi connectivity index (χ3v) is 7.72. The number of hydrogen-bond acceptors (Lipinski definition) is 5. The molecule has 0 aliphatic carbocycles. The molecule has 3 saturated heterocycles. The Hall–Kier alpha value is -2.45. The number of rotatable bonds is 6. The van der Waals surface area contributed by atoms with Gasteiger partial charge in [0.1, 0.15) is 11.6 Å². The molecule has 2 unspecified atom stereocenters. The Morgan fingerprint density at radius 3 is 2.62 bits per heavy atom. The summed E-state index contributed by atoms with van der Waals surface area (Å²) in [6.45, 7) is 7.33. The second-order valence-corrected chi connectivity index (χ2v) is 9.64. The number of amides is 3. The third-order valence-electron chi connectivity index (χ3n) is 7.72. The lowest BCUT2D eigenvalue weighted by Crippen LogP contribution is -2.56. The van der Waals surface area contributed by atoms with E-state index in [4.69, 9.17) is 4.74 Å². The Balaban J connectivity index is 1.79. The van der Waals surface area contributed by atoms with E-state index in [9.17, 15) is 19.5 Å². The van der Waals surface area contributed by atoms with Crippen LogP contribution in [0.2, 0.25) is 0 Å². The van der Waals surface area contributed by atoms with Crippen LogP contribution >= 0.6 is 0 Å². The Kier molecular flexibility index (Phi) is 5.57. The number of benzene rings is 1. The van der Waals surface area contributed by atoms with Gasteiger partial charge in [0.05, 0.1) is 30.1 Å². The van der Waals surface area contributed by atoms with Crippen molar-refractivity contribution in [2.24, 2.45) is 11.8 Å². The molecule has 4 rings (SSSR count). The number of aliphatic hydroxyl groups is 1. The van der Waals surface area contributed by atoms with Gasteiger partial charge in [0.25, 0.3) is 0 Å². The molecule has 174 valence electrons. The first kappa shape index (κ1) is 22.7. The molecule has 32 heavy (non-hydrogen) atoms. The molecular formula is C24H33N3O5. The van der Waals surface area contributed by atoms with E-state index in [0.717, 1.165) is 11.1 Å². The molecule has 1 spiro atoms. The number of hydrogen-bond donors (Lipinski definition) is 3. The van der Waals surface area contributed by atoms with Crippen LogP contribution in [-0.4, -0.2) is 64.7 Å². The van der Waals surface area contributed by atoms with Crippen LogP contribution in [0.5, 0.6) is 0 Å². The molecule has 8 heteroatoms. The van der Waals surface area contributed by atoms with Crippen molar-refractivity contribution >= 4 is 23.4 Å². The number of aliphatic hydroxyl groups excluding tert-OH is 1. The van der Waals surface area contributed by atoms with Crippen LogP contribution < -0.4 is 10.6 Å². The lowest BCUT2D eigenvalue weighted by molar-refractivity contribution is -0.147. The number of anilines is 1. The highest BCUT2D eigenvalue weighted by atomic mass is 16.5. The maximum absolute atomic E-state index is 13.8. The average molecular weight is 444 g/mol. The summed E-state index contributed by atoms with van der Waals surface area (Å²) in [6.07, 6.45) is 1.59. The van der Waals surface area contributed by atoms with Gasteiger partial charge < -0.3 is 25.4 Å². The fraction of sp³-hybridized carbons (Fsp3) is 0.625. The molecule has 3 aliphatic heterocycles. The van der Waals surface area contributed by atoms with Gasteiger partial charge in [-0.05, 0) is 57.2 Å². The lowest BCUT2D eigenvalue weighted by atomic mass is 9.66. The Morgan fingerprint density at radius 2 is 2.00 bits per heavy atom. The van der Waals surface area contributed by atoms with Crippen molar-refractivity contribution in [3.05, 3.63) is 29.3 Å². The molecule has 3 amide bonds. The fourth-order valence-electron chi connectivity index (χ4n) is 6.10. The SMILES string of the molecule is CC[C@@H](CO)N1C(=O)[C@@H]2[C@@H](C(=O)NC)[C@@]3(C)CCC2(O3)C1C(=O)Nc1cc(C)ccc1C. The zero-order valence-electron chi connectivity index (χ0n) is 19.4. The van der Waals surface area contributed by atoms with Crippen molar-refractivity contribution in [1.29, 1.82) is 0 Å². The monoisotopic (exact) mass is 443 g/mol. The highest BCUT2D eigenvalue weighted by Crippen LogP contribution is 2.63. The molecular weight excluding hydrogens is 410 g/mol. The van der Waals surface area contributed by atoms with Gasteiger partial charge in [-0.25, -0.2) is 0 Å². The maximum atomic E-state index is 13.8. The predicted molar refractivity (Wildman–Crippen MR) is 119 cm³/mol. The molecule has 8 nitrogen and oxygen atoms in total. The molecule has 0 radical (unpaired) electrons. The van der Waals surface area contributed by atoms with Crippen molar-refractivity contribution in [3.63, 3.8) is 0 Å². The van der Waals surface area contributed by atoms with E-state index in [1.54, 1.807) is 7.05 Å². The topological polar surface area (TPSA) is 108 Å². The summed E-state index contributed by atoms with van der Waals surface area (Å²) < 4.78 is 6.51. The molecule has 2 bridgehead atoms. The Bertz CT molecular complexity index is 961. The summed E-state index contributed by atoms with van der Waals surface area (Å²) in [4.78, 5) is 41.9. The van der Waals surface area contributed by atoms with E-state index >= 15 is 0 Å². The summed E-state index contributed by atoms with van der Waals surface area (Å²) >= 11 is 0. The van der Waals surface area contributed by atoms with E-state index in [1.165, 1.54) is 4.90 Å². The van der Waals surface area contributed by atoms with E-state index in [1.807, 2.05) is 45.9 Å². The van der Waals surface area contributed by atoms with E-state index in [-0.39, 0.29) is 24.3 Å². The van der Waals surface area contributed by atoms with Crippen LogP contribution in [-0.2, 0) is 19.1 Å². The van der Waals surface area contributed by atoms with E-state index in [2.05, 4.69) is 10.6 Å². The number of ether oxygens (including phenoxy) is 1. The van der Waals surface area contributed by atoms with Crippen LogP contribution in [0.4, 0.5) is 5.69 Å². The van der Waals surface area contributed by atoms with Crippen molar-refractivity contribution in [2.45, 2.75) is 70.2 Å². The van der Waals surface area contributed by atoms with Crippen molar-refractivity contribution in [2.75, 3.05) is 19.0 Å². The first-order valence-electron chi connectivity index (χ1n) is 11.4. The maximum Gasteiger partial charge on any atom is 0.250 e.